The number of benzene rings is 1. The minimum Gasteiger partial charge on any atom is -0.391 e. The molecule has 7 heteroatoms. The summed E-state index contributed by atoms with van der Waals surface area (Å²) in [5, 5.41) is 11.9. The zero-order chi connectivity index (χ0) is 14.6. The maximum atomic E-state index is 11.8. The van der Waals surface area contributed by atoms with E-state index in [1.807, 2.05) is 0 Å². The molecule has 2 N–H and O–H groups in total. The summed E-state index contributed by atoms with van der Waals surface area (Å²) >= 11 is 5.78. The van der Waals surface area contributed by atoms with Gasteiger partial charge in [-0.25, -0.2) is 8.42 Å². The number of halogens is 1. The molecule has 19 heavy (non-hydrogen) atoms. The predicted octanol–water partition coefficient (Wildman–Crippen LogP) is 1.24. The third kappa shape index (κ3) is 4.49. The van der Waals surface area contributed by atoms with Gasteiger partial charge in [0.25, 0.3) is 5.91 Å². The molecular formula is C12H16ClNO4S. The molecule has 1 unspecified atom stereocenters. The van der Waals surface area contributed by atoms with Crippen LogP contribution in [0.15, 0.2) is 23.1 Å². The minimum absolute atomic E-state index is 0.0765. The van der Waals surface area contributed by atoms with E-state index in [0.29, 0.717) is 6.42 Å². The van der Waals surface area contributed by atoms with Crippen molar-refractivity contribution in [3.63, 3.8) is 0 Å². The highest BCUT2D eigenvalue weighted by atomic mass is 35.5. The molecule has 0 radical (unpaired) electrons. The molecule has 0 heterocycles. The number of rotatable bonds is 5. The lowest BCUT2D eigenvalue weighted by molar-refractivity contribution is 0.0913. The Morgan fingerprint density at radius 1 is 1.47 bits per heavy atom. The van der Waals surface area contributed by atoms with Crippen LogP contribution in [0.2, 0.25) is 5.02 Å². The molecule has 0 aliphatic carbocycles. The van der Waals surface area contributed by atoms with E-state index in [2.05, 4.69) is 5.32 Å². The van der Waals surface area contributed by atoms with Crippen LogP contribution in [0.4, 0.5) is 0 Å². The molecule has 0 aliphatic rings. The van der Waals surface area contributed by atoms with E-state index < -0.39 is 21.8 Å². The lowest BCUT2D eigenvalue weighted by Crippen LogP contribution is -2.31. The van der Waals surface area contributed by atoms with Crippen LogP contribution < -0.4 is 5.32 Å². The summed E-state index contributed by atoms with van der Waals surface area (Å²) in [6.45, 7) is 1.91. The van der Waals surface area contributed by atoms with Gasteiger partial charge in [0.15, 0.2) is 9.84 Å². The summed E-state index contributed by atoms with van der Waals surface area (Å²) in [6.07, 6.45) is 0.928. The highest BCUT2D eigenvalue weighted by Gasteiger charge is 2.16. The molecule has 5 nitrogen and oxygen atoms in total. The highest BCUT2D eigenvalue weighted by Crippen LogP contribution is 2.22. The minimum atomic E-state index is -3.49. The van der Waals surface area contributed by atoms with Crippen molar-refractivity contribution in [3.05, 3.63) is 28.8 Å². The first kappa shape index (κ1) is 15.9. The zero-order valence-electron chi connectivity index (χ0n) is 10.7. The molecule has 1 amide bonds. The quantitative estimate of drug-likeness (QED) is 0.857. The van der Waals surface area contributed by atoms with Gasteiger partial charge in [-0.1, -0.05) is 18.5 Å². The van der Waals surface area contributed by atoms with Gasteiger partial charge in [0.05, 0.1) is 16.0 Å². The van der Waals surface area contributed by atoms with E-state index in [1.165, 1.54) is 18.2 Å². The van der Waals surface area contributed by atoms with E-state index >= 15 is 0 Å². The summed E-state index contributed by atoms with van der Waals surface area (Å²) in [6, 6.07) is 4.03. The van der Waals surface area contributed by atoms with Crippen LogP contribution in [0.1, 0.15) is 23.7 Å². The molecule has 0 spiro atoms. The van der Waals surface area contributed by atoms with Crippen molar-refractivity contribution in [2.24, 2.45) is 0 Å². The van der Waals surface area contributed by atoms with Gasteiger partial charge in [-0.2, -0.15) is 0 Å². The summed E-state index contributed by atoms with van der Waals surface area (Å²) in [7, 11) is -3.49. The number of hydrogen-bond donors (Lipinski definition) is 2. The standard InChI is InChI=1S/C12H16ClNO4S/c1-3-9(15)7-14-12(16)8-4-5-10(13)11(6-8)19(2,17)18/h4-6,9,15H,3,7H2,1-2H3,(H,14,16). The zero-order valence-corrected chi connectivity index (χ0v) is 12.3. The average molecular weight is 306 g/mol. The van der Waals surface area contributed by atoms with E-state index in [9.17, 15) is 18.3 Å². The molecule has 0 saturated heterocycles. The van der Waals surface area contributed by atoms with Gasteiger partial charge < -0.3 is 10.4 Å². The van der Waals surface area contributed by atoms with Gasteiger partial charge >= 0.3 is 0 Å². The summed E-state index contributed by atoms with van der Waals surface area (Å²) < 4.78 is 23.0. The van der Waals surface area contributed by atoms with Crippen LogP contribution in [0.5, 0.6) is 0 Å². The lowest BCUT2D eigenvalue weighted by Gasteiger charge is -2.10. The van der Waals surface area contributed by atoms with Crippen LogP contribution in [0, 0.1) is 0 Å². The van der Waals surface area contributed by atoms with Gasteiger partial charge in [0.2, 0.25) is 0 Å². The summed E-state index contributed by atoms with van der Waals surface area (Å²) in [5.41, 5.74) is 0.188. The Bertz CT molecular complexity index is 571. The topological polar surface area (TPSA) is 83.5 Å². The molecule has 0 aromatic heterocycles. The third-order valence-corrected chi connectivity index (χ3v) is 4.14. The second-order valence-corrected chi connectivity index (χ2v) is 6.58. The first-order valence-electron chi connectivity index (χ1n) is 5.71. The van der Waals surface area contributed by atoms with Crippen LogP contribution in [-0.4, -0.2) is 38.3 Å². The van der Waals surface area contributed by atoms with Crippen molar-refractivity contribution in [1.29, 1.82) is 0 Å². The van der Waals surface area contributed by atoms with Gasteiger partial charge in [0.1, 0.15) is 0 Å². The molecule has 0 bridgehead atoms. The predicted molar refractivity (Wildman–Crippen MR) is 73.2 cm³/mol. The van der Waals surface area contributed by atoms with Gasteiger partial charge in [0, 0.05) is 18.4 Å². The van der Waals surface area contributed by atoms with Gasteiger partial charge in [-0.15, -0.1) is 0 Å². The number of hydrogen-bond acceptors (Lipinski definition) is 4. The lowest BCUT2D eigenvalue weighted by atomic mass is 10.2. The first-order valence-corrected chi connectivity index (χ1v) is 7.98. The Hall–Kier alpha value is -1.11. The van der Waals surface area contributed by atoms with Crippen molar-refractivity contribution in [1.82, 2.24) is 5.32 Å². The fourth-order valence-electron chi connectivity index (χ4n) is 1.39. The van der Waals surface area contributed by atoms with E-state index in [4.69, 9.17) is 11.6 Å². The molecule has 1 rings (SSSR count). The molecule has 1 aromatic rings. The molecule has 1 atom stereocenters. The van der Waals surface area contributed by atoms with Crippen molar-refractivity contribution in [3.8, 4) is 0 Å². The van der Waals surface area contributed by atoms with Crippen LogP contribution in [0.3, 0.4) is 0 Å². The summed E-state index contributed by atoms with van der Waals surface area (Å²) in [4.78, 5) is 11.7. The second-order valence-electron chi connectivity index (χ2n) is 4.19. The molecule has 0 aliphatic heterocycles. The van der Waals surface area contributed by atoms with Crippen molar-refractivity contribution in [2.45, 2.75) is 24.3 Å². The van der Waals surface area contributed by atoms with Crippen LogP contribution in [0.25, 0.3) is 0 Å². The van der Waals surface area contributed by atoms with Crippen molar-refractivity contribution >= 4 is 27.3 Å². The average Bonchev–Trinajstić information content (AvgIpc) is 2.34. The number of carbonyl (C=O) groups is 1. The van der Waals surface area contributed by atoms with E-state index in [0.717, 1.165) is 6.26 Å². The number of carbonyl (C=O) groups excluding carboxylic acids is 1. The Balaban J connectivity index is 2.94. The fourth-order valence-corrected chi connectivity index (χ4v) is 2.69. The highest BCUT2D eigenvalue weighted by molar-refractivity contribution is 7.90. The monoisotopic (exact) mass is 305 g/mol. The Kier molecular flexibility index (Phi) is 5.34. The molecule has 1 aromatic carbocycles. The fraction of sp³-hybridized carbons (Fsp3) is 0.417. The number of amides is 1. The smallest absolute Gasteiger partial charge is 0.251 e. The normalized spacial score (nSPS) is 13.1. The molecule has 106 valence electrons. The first-order chi connectivity index (χ1) is 8.75. The molecule has 0 saturated carbocycles. The largest absolute Gasteiger partial charge is 0.391 e. The van der Waals surface area contributed by atoms with E-state index in [-0.39, 0.29) is 22.0 Å². The summed E-state index contributed by atoms with van der Waals surface area (Å²) in [5.74, 6) is -0.450. The van der Waals surface area contributed by atoms with Crippen LogP contribution >= 0.6 is 11.6 Å². The molecule has 0 fully saturated rings. The Labute approximate surface area is 117 Å². The number of aliphatic hydroxyl groups is 1. The Morgan fingerprint density at radius 3 is 2.63 bits per heavy atom. The van der Waals surface area contributed by atoms with Gasteiger partial charge in [-0.05, 0) is 24.6 Å². The van der Waals surface area contributed by atoms with Crippen molar-refractivity contribution < 1.29 is 18.3 Å². The maximum absolute atomic E-state index is 11.8. The van der Waals surface area contributed by atoms with Crippen molar-refractivity contribution in [2.75, 3.05) is 12.8 Å². The number of nitrogens with one attached hydrogen (secondary N) is 1. The SMILES string of the molecule is CCC(O)CNC(=O)c1ccc(Cl)c(S(C)(=O)=O)c1. The number of aliphatic hydroxyl groups excluding tert-OH is 1. The van der Waals surface area contributed by atoms with Crippen LogP contribution in [-0.2, 0) is 9.84 Å². The third-order valence-electron chi connectivity index (χ3n) is 2.56. The van der Waals surface area contributed by atoms with E-state index in [1.54, 1.807) is 6.92 Å². The second kappa shape index (κ2) is 6.36. The Morgan fingerprint density at radius 2 is 2.11 bits per heavy atom. The van der Waals surface area contributed by atoms with Gasteiger partial charge in [-0.3, -0.25) is 4.79 Å². The molecular weight excluding hydrogens is 290 g/mol. The maximum Gasteiger partial charge on any atom is 0.251 e. The number of sulfone groups is 1.